The molecule has 1 aromatic heterocycles. The monoisotopic (exact) mass is 293 g/mol. The molecule has 0 fully saturated rings. The summed E-state index contributed by atoms with van der Waals surface area (Å²) in [5.74, 6) is 0.0520. The molecule has 0 aliphatic heterocycles. The maximum Gasteiger partial charge on any atom is 0.199 e. The zero-order chi connectivity index (χ0) is 14.9. The predicted octanol–water partition coefficient (Wildman–Crippen LogP) is 2.43. The first-order valence-electron chi connectivity index (χ1n) is 6.10. The number of ketones is 1. The highest BCUT2D eigenvalue weighted by Gasteiger charge is 2.24. The van der Waals surface area contributed by atoms with E-state index in [9.17, 15) is 13.2 Å². The molecule has 0 spiro atoms. The largest absolute Gasteiger partial charge is 0.360 e. The van der Waals surface area contributed by atoms with Gasteiger partial charge < -0.3 is 4.52 Å². The van der Waals surface area contributed by atoms with E-state index in [-0.39, 0.29) is 16.4 Å². The van der Waals surface area contributed by atoms with Crippen LogP contribution in [-0.4, -0.2) is 25.6 Å². The lowest BCUT2D eigenvalue weighted by atomic mass is 10.00. The van der Waals surface area contributed by atoms with Gasteiger partial charge >= 0.3 is 0 Å². The Kier molecular flexibility index (Phi) is 3.76. The molecule has 0 N–H and O–H groups in total. The second-order valence-corrected chi connectivity index (χ2v) is 6.84. The summed E-state index contributed by atoms with van der Waals surface area (Å²) in [6, 6.07) is 6.13. The molecule has 0 saturated heterocycles. The molecule has 0 unspecified atom stereocenters. The summed E-state index contributed by atoms with van der Waals surface area (Å²) in [5, 5.41) is 3.64. The van der Waals surface area contributed by atoms with E-state index in [1.807, 2.05) is 13.8 Å². The van der Waals surface area contributed by atoms with Crippen LogP contribution in [0.15, 0.2) is 39.9 Å². The minimum atomic E-state index is -3.47. The zero-order valence-electron chi connectivity index (χ0n) is 11.5. The average molecular weight is 293 g/mol. The summed E-state index contributed by atoms with van der Waals surface area (Å²) in [6.45, 7) is 3.75. The van der Waals surface area contributed by atoms with Crippen molar-refractivity contribution in [2.75, 3.05) is 6.26 Å². The number of sulfone groups is 1. The molecule has 106 valence electrons. The number of rotatable bonds is 4. The molecule has 1 heterocycles. The van der Waals surface area contributed by atoms with E-state index in [0.29, 0.717) is 11.3 Å². The van der Waals surface area contributed by atoms with Crippen LogP contribution in [0.25, 0.3) is 0 Å². The van der Waals surface area contributed by atoms with Crippen molar-refractivity contribution in [2.45, 2.75) is 24.7 Å². The molecule has 0 radical (unpaired) electrons. The molecule has 1 aromatic carbocycles. The van der Waals surface area contributed by atoms with Crippen LogP contribution < -0.4 is 0 Å². The van der Waals surface area contributed by atoms with E-state index in [0.717, 1.165) is 6.26 Å². The molecule has 5 nitrogen and oxygen atoms in total. The number of hydrogen-bond acceptors (Lipinski definition) is 5. The fourth-order valence-corrected chi connectivity index (χ4v) is 2.84. The third kappa shape index (κ3) is 2.65. The Balaban J connectivity index is 2.58. The van der Waals surface area contributed by atoms with Gasteiger partial charge in [-0.25, -0.2) is 8.42 Å². The van der Waals surface area contributed by atoms with Crippen molar-refractivity contribution in [3.8, 4) is 0 Å². The highest BCUT2D eigenvalue weighted by atomic mass is 32.2. The summed E-state index contributed by atoms with van der Waals surface area (Å²) in [4.78, 5) is 12.6. The van der Waals surface area contributed by atoms with Crippen molar-refractivity contribution in [2.24, 2.45) is 0 Å². The van der Waals surface area contributed by atoms with E-state index in [1.165, 1.54) is 18.3 Å². The van der Waals surface area contributed by atoms with Crippen LogP contribution in [0.4, 0.5) is 0 Å². The smallest absolute Gasteiger partial charge is 0.199 e. The SMILES string of the molecule is CC(C)c1oncc1C(=O)c1ccccc1S(C)(=O)=O. The van der Waals surface area contributed by atoms with Crippen LogP contribution in [0.2, 0.25) is 0 Å². The summed E-state index contributed by atoms with van der Waals surface area (Å²) in [5.41, 5.74) is 0.441. The normalized spacial score (nSPS) is 11.8. The minimum absolute atomic E-state index is 0.0122. The third-order valence-corrected chi connectivity index (χ3v) is 4.05. The Labute approximate surface area is 117 Å². The molecule has 0 aliphatic carbocycles. The minimum Gasteiger partial charge on any atom is -0.360 e. The van der Waals surface area contributed by atoms with Gasteiger partial charge in [0, 0.05) is 17.7 Å². The lowest BCUT2D eigenvalue weighted by molar-refractivity contribution is 0.103. The zero-order valence-corrected chi connectivity index (χ0v) is 12.3. The fourth-order valence-electron chi connectivity index (χ4n) is 1.96. The van der Waals surface area contributed by atoms with Gasteiger partial charge in [0.2, 0.25) is 0 Å². The van der Waals surface area contributed by atoms with Gasteiger partial charge in [-0.05, 0) is 12.1 Å². The second kappa shape index (κ2) is 5.20. The molecule has 6 heteroatoms. The summed E-state index contributed by atoms with van der Waals surface area (Å²) < 4.78 is 28.6. The van der Waals surface area contributed by atoms with Crippen molar-refractivity contribution in [3.63, 3.8) is 0 Å². The molecule has 0 bridgehead atoms. The van der Waals surface area contributed by atoms with Crippen molar-refractivity contribution in [3.05, 3.63) is 47.3 Å². The van der Waals surface area contributed by atoms with Gasteiger partial charge in [0.25, 0.3) is 0 Å². The lowest BCUT2D eigenvalue weighted by Crippen LogP contribution is -2.10. The van der Waals surface area contributed by atoms with E-state index in [4.69, 9.17) is 4.52 Å². The second-order valence-electron chi connectivity index (χ2n) is 4.86. The molecule has 0 saturated carbocycles. The number of hydrogen-bond donors (Lipinski definition) is 0. The molecule has 20 heavy (non-hydrogen) atoms. The van der Waals surface area contributed by atoms with Gasteiger partial charge in [-0.2, -0.15) is 0 Å². The average Bonchev–Trinajstić information content (AvgIpc) is 2.86. The maximum atomic E-state index is 12.5. The van der Waals surface area contributed by atoms with Gasteiger partial charge in [-0.15, -0.1) is 0 Å². The van der Waals surface area contributed by atoms with Crippen LogP contribution in [0.3, 0.4) is 0 Å². The Morgan fingerprint density at radius 1 is 1.20 bits per heavy atom. The van der Waals surface area contributed by atoms with Crippen LogP contribution in [0, 0.1) is 0 Å². The number of carbonyl (C=O) groups is 1. The van der Waals surface area contributed by atoms with Gasteiger partial charge in [0.05, 0.1) is 16.7 Å². The van der Waals surface area contributed by atoms with E-state index >= 15 is 0 Å². The quantitative estimate of drug-likeness (QED) is 0.809. The molecule has 0 amide bonds. The predicted molar refractivity (Wildman–Crippen MR) is 73.6 cm³/mol. The molecule has 2 rings (SSSR count). The van der Waals surface area contributed by atoms with Gasteiger partial charge in [0.15, 0.2) is 15.6 Å². The van der Waals surface area contributed by atoms with Crippen molar-refractivity contribution >= 4 is 15.6 Å². The van der Waals surface area contributed by atoms with Crippen molar-refractivity contribution < 1.29 is 17.7 Å². The fraction of sp³-hybridized carbons (Fsp3) is 0.286. The molecular formula is C14H15NO4S. The Morgan fingerprint density at radius 2 is 1.85 bits per heavy atom. The van der Waals surface area contributed by atoms with Gasteiger partial charge in [-0.1, -0.05) is 31.1 Å². The van der Waals surface area contributed by atoms with E-state index < -0.39 is 15.6 Å². The first-order chi connectivity index (χ1) is 9.32. The first-order valence-corrected chi connectivity index (χ1v) is 8.00. The first kappa shape index (κ1) is 14.5. The maximum absolute atomic E-state index is 12.5. The van der Waals surface area contributed by atoms with Crippen molar-refractivity contribution in [1.29, 1.82) is 0 Å². The number of carbonyl (C=O) groups excluding carboxylic acids is 1. The molecule has 0 atom stereocenters. The van der Waals surface area contributed by atoms with Crippen LogP contribution in [-0.2, 0) is 9.84 Å². The third-order valence-electron chi connectivity index (χ3n) is 2.90. The number of nitrogens with zero attached hydrogens (tertiary/aromatic N) is 1. The van der Waals surface area contributed by atoms with Crippen LogP contribution in [0.5, 0.6) is 0 Å². The molecule has 0 aliphatic rings. The van der Waals surface area contributed by atoms with Crippen LogP contribution in [0.1, 0.15) is 41.4 Å². The molecule has 2 aromatic rings. The lowest BCUT2D eigenvalue weighted by Gasteiger charge is -2.07. The highest BCUT2D eigenvalue weighted by molar-refractivity contribution is 7.90. The van der Waals surface area contributed by atoms with Gasteiger partial charge in [0.1, 0.15) is 5.76 Å². The Morgan fingerprint density at radius 3 is 2.45 bits per heavy atom. The highest BCUT2D eigenvalue weighted by Crippen LogP contribution is 2.24. The van der Waals surface area contributed by atoms with Crippen molar-refractivity contribution in [1.82, 2.24) is 5.16 Å². The Bertz CT molecular complexity index is 744. The summed E-state index contributed by atoms with van der Waals surface area (Å²) >= 11 is 0. The van der Waals surface area contributed by atoms with E-state index in [1.54, 1.807) is 12.1 Å². The Hall–Kier alpha value is -1.95. The summed E-state index contributed by atoms with van der Waals surface area (Å²) in [6.07, 6.45) is 2.41. The molecular weight excluding hydrogens is 278 g/mol. The standard InChI is InChI=1S/C14H15NO4S/c1-9(2)14-11(8-15-19-14)13(16)10-6-4-5-7-12(10)20(3,17)18/h4-9H,1-3H3. The van der Waals surface area contributed by atoms with Crippen LogP contribution >= 0.6 is 0 Å². The van der Waals surface area contributed by atoms with E-state index in [2.05, 4.69) is 5.16 Å². The summed E-state index contributed by atoms with van der Waals surface area (Å²) in [7, 11) is -3.47. The number of benzene rings is 1. The van der Waals surface area contributed by atoms with Gasteiger partial charge in [-0.3, -0.25) is 4.79 Å². The number of aromatic nitrogens is 1. The topological polar surface area (TPSA) is 77.2 Å².